The number of carbonyl (C=O) groups excluding carboxylic acids is 2. The zero-order valence-electron chi connectivity index (χ0n) is 12.5. The molecule has 2 amide bonds. The number of halogens is 1. The predicted octanol–water partition coefficient (Wildman–Crippen LogP) is 3.26. The molecule has 1 fully saturated rings. The van der Waals surface area contributed by atoms with E-state index in [1.807, 2.05) is 13.0 Å². The number of thioether (sulfide) groups is 1. The maximum absolute atomic E-state index is 11.9. The second-order valence-electron chi connectivity index (χ2n) is 4.45. The van der Waals surface area contributed by atoms with Crippen LogP contribution in [0.2, 0.25) is 0 Å². The summed E-state index contributed by atoms with van der Waals surface area (Å²) < 4.78 is 11.7. The van der Waals surface area contributed by atoms with Crippen molar-refractivity contribution in [1.29, 1.82) is 5.26 Å². The molecule has 0 aromatic heterocycles. The summed E-state index contributed by atoms with van der Waals surface area (Å²) in [7, 11) is 1.45. The molecular formula is C15H13IN2O4S. The van der Waals surface area contributed by atoms with Crippen LogP contribution in [0, 0.1) is 14.9 Å². The summed E-state index contributed by atoms with van der Waals surface area (Å²) >= 11 is 2.98. The zero-order chi connectivity index (χ0) is 17.0. The number of ether oxygens (including phenoxy) is 2. The Bertz CT molecular complexity index is 727. The minimum Gasteiger partial charge on any atom is -0.490 e. The van der Waals surface area contributed by atoms with Gasteiger partial charge in [-0.1, -0.05) is 0 Å². The van der Waals surface area contributed by atoms with Crippen molar-refractivity contribution in [1.82, 2.24) is 4.90 Å². The molecule has 0 unspecified atom stereocenters. The van der Waals surface area contributed by atoms with Crippen molar-refractivity contribution in [3.8, 4) is 17.6 Å². The van der Waals surface area contributed by atoms with Crippen LogP contribution in [0.15, 0.2) is 17.0 Å². The Morgan fingerprint density at radius 3 is 2.70 bits per heavy atom. The Kier molecular flexibility index (Phi) is 5.90. The van der Waals surface area contributed by atoms with Crippen molar-refractivity contribution in [2.24, 2.45) is 0 Å². The fourth-order valence-electron chi connectivity index (χ4n) is 1.88. The Balaban J connectivity index is 2.39. The van der Waals surface area contributed by atoms with Crippen LogP contribution in [0.1, 0.15) is 12.5 Å². The zero-order valence-corrected chi connectivity index (χ0v) is 15.4. The van der Waals surface area contributed by atoms with Gasteiger partial charge in [-0.2, -0.15) is 5.26 Å². The standard InChI is InChI=1S/C15H13IN2O4S/c1-3-21-11-7-9(6-10(16)13(11)22-5-4-17)8-12-14(19)18(2)15(20)23-12/h6-8H,3,5H2,1-2H3/b12-8-. The average molecular weight is 444 g/mol. The number of benzene rings is 1. The van der Waals surface area contributed by atoms with E-state index in [0.29, 0.717) is 23.0 Å². The summed E-state index contributed by atoms with van der Waals surface area (Å²) in [4.78, 5) is 24.9. The molecule has 1 aliphatic rings. The number of hydrogen-bond donors (Lipinski definition) is 0. The molecule has 0 radical (unpaired) electrons. The molecule has 1 saturated heterocycles. The van der Waals surface area contributed by atoms with Gasteiger partial charge >= 0.3 is 0 Å². The van der Waals surface area contributed by atoms with Gasteiger partial charge in [0.2, 0.25) is 0 Å². The molecule has 0 aliphatic carbocycles. The molecular weight excluding hydrogens is 431 g/mol. The molecule has 0 saturated carbocycles. The summed E-state index contributed by atoms with van der Waals surface area (Å²) in [5.41, 5.74) is 0.723. The van der Waals surface area contributed by atoms with Gasteiger partial charge in [-0.25, -0.2) is 0 Å². The van der Waals surface area contributed by atoms with E-state index in [4.69, 9.17) is 14.7 Å². The fourth-order valence-corrected chi connectivity index (χ4v) is 3.48. The van der Waals surface area contributed by atoms with E-state index in [2.05, 4.69) is 22.6 Å². The quantitative estimate of drug-likeness (QED) is 0.513. The van der Waals surface area contributed by atoms with Crippen LogP contribution in [0.4, 0.5) is 4.79 Å². The molecule has 1 aromatic carbocycles. The number of nitrogens with zero attached hydrogens (tertiary/aromatic N) is 2. The van der Waals surface area contributed by atoms with Gasteiger partial charge < -0.3 is 9.47 Å². The number of rotatable bonds is 5. The first-order valence-electron chi connectivity index (χ1n) is 6.65. The molecule has 6 nitrogen and oxygen atoms in total. The van der Waals surface area contributed by atoms with E-state index in [0.717, 1.165) is 25.8 Å². The third-order valence-corrected chi connectivity index (χ3v) is 4.66. The van der Waals surface area contributed by atoms with E-state index in [9.17, 15) is 9.59 Å². The highest BCUT2D eigenvalue weighted by Crippen LogP contribution is 2.37. The summed E-state index contributed by atoms with van der Waals surface area (Å²) in [5, 5.41) is 8.36. The van der Waals surface area contributed by atoms with Gasteiger partial charge in [-0.3, -0.25) is 14.5 Å². The van der Waals surface area contributed by atoms with Crippen LogP contribution in [0.5, 0.6) is 11.5 Å². The molecule has 0 atom stereocenters. The average Bonchev–Trinajstić information content (AvgIpc) is 2.74. The van der Waals surface area contributed by atoms with Crippen molar-refractivity contribution in [2.75, 3.05) is 20.3 Å². The maximum atomic E-state index is 11.9. The number of imide groups is 1. The van der Waals surface area contributed by atoms with Gasteiger partial charge in [0.1, 0.15) is 6.07 Å². The summed E-state index contributed by atoms with van der Waals surface area (Å²) in [5.74, 6) is 0.671. The van der Waals surface area contributed by atoms with Crippen molar-refractivity contribution >= 4 is 51.6 Å². The second kappa shape index (κ2) is 7.70. The molecule has 0 bridgehead atoms. The number of hydrogen-bond acceptors (Lipinski definition) is 6. The van der Waals surface area contributed by atoms with Crippen molar-refractivity contribution < 1.29 is 19.1 Å². The number of nitriles is 1. The highest BCUT2D eigenvalue weighted by molar-refractivity contribution is 14.1. The minimum absolute atomic E-state index is 0.0792. The summed E-state index contributed by atoms with van der Waals surface area (Å²) in [6, 6.07) is 5.45. The molecule has 1 aromatic rings. The summed E-state index contributed by atoms with van der Waals surface area (Å²) in [6.07, 6.45) is 1.65. The Morgan fingerprint density at radius 1 is 1.39 bits per heavy atom. The smallest absolute Gasteiger partial charge is 0.293 e. The third-order valence-electron chi connectivity index (χ3n) is 2.90. The molecule has 0 N–H and O–H groups in total. The highest BCUT2D eigenvalue weighted by atomic mass is 127. The SMILES string of the molecule is CCOc1cc(/C=C2\SC(=O)N(C)C2=O)cc(I)c1OCC#N. The molecule has 2 rings (SSSR count). The number of likely N-dealkylation sites (N-methyl/N-ethyl adjacent to an activating group) is 1. The molecule has 1 aliphatic heterocycles. The van der Waals surface area contributed by atoms with Crippen LogP contribution >= 0.6 is 34.4 Å². The first-order valence-corrected chi connectivity index (χ1v) is 8.55. The lowest BCUT2D eigenvalue weighted by Crippen LogP contribution is -2.22. The fraction of sp³-hybridized carbons (Fsp3) is 0.267. The number of amides is 2. The lowest BCUT2D eigenvalue weighted by atomic mass is 10.2. The summed E-state index contributed by atoms with van der Waals surface area (Å²) in [6.45, 7) is 2.20. The van der Waals surface area contributed by atoms with Gasteiger partial charge in [0, 0.05) is 7.05 Å². The first kappa shape index (κ1) is 17.6. The first-order chi connectivity index (χ1) is 11.0. The maximum Gasteiger partial charge on any atom is 0.293 e. The second-order valence-corrected chi connectivity index (χ2v) is 6.61. The van der Waals surface area contributed by atoms with Gasteiger partial charge in [0.05, 0.1) is 15.1 Å². The Hall–Kier alpha value is -1.73. The van der Waals surface area contributed by atoms with Crippen molar-refractivity contribution in [3.05, 3.63) is 26.2 Å². The lowest BCUT2D eigenvalue weighted by Gasteiger charge is -2.13. The predicted molar refractivity (Wildman–Crippen MR) is 95.2 cm³/mol. The van der Waals surface area contributed by atoms with Gasteiger partial charge in [0.25, 0.3) is 11.1 Å². The van der Waals surface area contributed by atoms with Crippen LogP contribution in [0.3, 0.4) is 0 Å². The molecule has 8 heteroatoms. The van der Waals surface area contributed by atoms with Gasteiger partial charge in [0.15, 0.2) is 18.1 Å². The number of carbonyl (C=O) groups is 2. The largest absolute Gasteiger partial charge is 0.490 e. The Labute approximate surface area is 151 Å². The molecule has 23 heavy (non-hydrogen) atoms. The molecule has 120 valence electrons. The van der Waals surface area contributed by atoms with E-state index in [-0.39, 0.29) is 17.8 Å². The minimum atomic E-state index is -0.322. The van der Waals surface area contributed by atoms with Gasteiger partial charge in [-0.05, 0) is 65.0 Å². The van der Waals surface area contributed by atoms with Crippen LogP contribution in [-0.4, -0.2) is 36.3 Å². The van der Waals surface area contributed by atoms with Crippen LogP contribution in [0.25, 0.3) is 6.08 Å². The topological polar surface area (TPSA) is 79.6 Å². The molecule has 0 spiro atoms. The van der Waals surface area contributed by atoms with Crippen molar-refractivity contribution in [2.45, 2.75) is 6.92 Å². The van der Waals surface area contributed by atoms with E-state index in [1.165, 1.54) is 7.05 Å². The highest BCUT2D eigenvalue weighted by Gasteiger charge is 2.31. The van der Waals surface area contributed by atoms with E-state index in [1.54, 1.807) is 18.2 Å². The molecule has 1 heterocycles. The van der Waals surface area contributed by atoms with Crippen LogP contribution < -0.4 is 9.47 Å². The van der Waals surface area contributed by atoms with Crippen LogP contribution in [-0.2, 0) is 4.79 Å². The van der Waals surface area contributed by atoms with E-state index < -0.39 is 0 Å². The lowest BCUT2D eigenvalue weighted by molar-refractivity contribution is -0.121. The Morgan fingerprint density at radius 2 is 2.13 bits per heavy atom. The van der Waals surface area contributed by atoms with Crippen molar-refractivity contribution in [3.63, 3.8) is 0 Å². The third kappa shape index (κ3) is 3.97. The normalized spacial score (nSPS) is 15.9. The van der Waals surface area contributed by atoms with E-state index >= 15 is 0 Å². The van der Waals surface area contributed by atoms with Gasteiger partial charge in [-0.15, -0.1) is 0 Å². The monoisotopic (exact) mass is 444 g/mol.